The lowest BCUT2D eigenvalue weighted by atomic mass is 10.2. The van der Waals surface area contributed by atoms with Crippen molar-refractivity contribution in [3.05, 3.63) is 95.7 Å². The Morgan fingerprint density at radius 3 is 2.10 bits per heavy atom. The molecule has 39 heavy (non-hydrogen) atoms. The van der Waals surface area contributed by atoms with Crippen LogP contribution in [-0.2, 0) is 19.3 Å². The number of hydrogen-bond donors (Lipinski definition) is 0. The number of benzene rings is 2. The number of aromatic nitrogens is 1. The molecule has 0 saturated heterocycles. The second-order valence-corrected chi connectivity index (χ2v) is 12.9. The second kappa shape index (κ2) is 16.5. The predicted octanol–water partition coefficient (Wildman–Crippen LogP) is 6.87. The molecule has 0 amide bonds. The number of allylic oxidation sites excluding steroid dienone is 3. The number of methoxy groups -OCH3 is 1. The van der Waals surface area contributed by atoms with Gasteiger partial charge in [-0.25, -0.2) is 12.4 Å². The minimum absolute atomic E-state index is 0.0492. The lowest BCUT2D eigenvalue weighted by Crippen LogP contribution is -2.27. The van der Waals surface area contributed by atoms with Gasteiger partial charge in [-0.1, -0.05) is 59.7 Å². The monoisotopic (exact) mass is 591 g/mol. The van der Waals surface area contributed by atoms with Crippen LogP contribution in [0.2, 0.25) is 5.02 Å². The third-order valence-corrected chi connectivity index (χ3v) is 9.74. The fraction of sp³-hybridized carbons (Fsp3) is 0.300. The van der Waals surface area contributed by atoms with E-state index in [-0.39, 0.29) is 5.69 Å². The number of aldehydes is 1. The molecule has 0 fully saturated rings. The first-order valence-electron chi connectivity index (χ1n) is 12.3. The Hall–Kier alpha value is -2.54. The van der Waals surface area contributed by atoms with Crippen molar-refractivity contribution < 1.29 is 22.5 Å². The first-order valence-corrected chi connectivity index (χ1v) is 15.4. The standard InChI is InChI=1S/C22H23ClNO4PS.C5H8.C3H8O/c1-6-16(4)30(26,27)24-20-8-7-17(23)12-19(20)22(21(24)13-25)29(28-5)18-10-14(2)9-15(3)11-18;1-3-5-4-2;1-3-4-2/h6-13,16H,1H2,2-5H3;3-5H,1H2,2H3;3H2,1-2H3/b;5-4-;. The number of rotatable bonds is 9. The highest BCUT2D eigenvalue weighted by Crippen LogP contribution is 2.41. The lowest BCUT2D eigenvalue weighted by Gasteiger charge is -2.18. The van der Waals surface area contributed by atoms with Gasteiger partial charge in [-0.05, 0) is 65.0 Å². The molecule has 6 nitrogen and oxygen atoms in total. The highest BCUT2D eigenvalue weighted by Gasteiger charge is 2.32. The molecule has 0 aliphatic rings. The van der Waals surface area contributed by atoms with Crippen molar-refractivity contribution in [1.29, 1.82) is 0 Å². The van der Waals surface area contributed by atoms with Crippen LogP contribution in [0.3, 0.4) is 0 Å². The smallest absolute Gasteiger partial charge is 0.245 e. The summed E-state index contributed by atoms with van der Waals surface area (Å²) < 4.78 is 38.1. The Morgan fingerprint density at radius 2 is 1.69 bits per heavy atom. The molecule has 2 unspecified atom stereocenters. The molecule has 0 aliphatic carbocycles. The fourth-order valence-corrected chi connectivity index (χ4v) is 7.36. The Kier molecular flexibility index (Phi) is 14.6. The maximum absolute atomic E-state index is 13.3. The molecule has 2 atom stereocenters. The molecule has 0 saturated carbocycles. The molecule has 0 spiro atoms. The van der Waals surface area contributed by atoms with Crippen LogP contribution in [0.15, 0.2) is 73.9 Å². The number of hydrogen-bond acceptors (Lipinski definition) is 5. The zero-order valence-corrected chi connectivity index (χ0v) is 26.2. The van der Waals surface area contributed by atoms with Gasteiger partial charge in [0.2, 0.25) is 10.0 Å². The van der Waals surface area contributed by atoms with E-state index in [9.17, 15) is 13.2 Å². The highest BCUT2D eigenvalue weighted by molar-refractivity contribution is 7.91. The number of ether oxygens (including phenoxy) is 1. The maximum atomic E-state index is 13.3. The van der Waals surface area contributed by atoms with E-state index >= 15 is 0 Å². The summed E-state index contributed by atoms with van der Waals surface area (Å²) in [7, 11) is -2.14. The van der Waals surface area contributed by atoms with Gasteiger partial charge in [0.05, 0.1) is 18.9 Å². The van der Waals surface area contributed by atoms with E-state index in [1.54, 1.807) is 38.5 Å². The summed E-state index contributed by atoms with van der Waals surface area (Å²) in [6.45, 7) is 17.3. The summed E-state index contributed by atoms with van der Waals surface area (Å²) in [5, 5.41) is 1.56. The summed E-state index contributed by atoms with van der Waals surface area (Å²) in [6.07, 6.45) is 7.50. The number of aryl methyl sites for hydroxylation is 2. The van der Waals surface area contributed by atoms with E-state index in [2.05, 4.69) is 17.9 Å². The topological polar surface area (TPSA) is 74.6 Å². The van der Waals surface area contributed by atoms with Crippen LogP contribution in [-0.4, -0.2) is 44.8 Å². The first kappa shape index (κ1) is 34.5. The van der Waals surface area contributed by atoms with E-state index in [1.165, 1.54) is 13.0 Å². The second-order valence-electron chi connectivity index (χ2n) is 8.43. The number of carbonyl (C=O) groups is 1. The number of carbonyl (C=O) groups excluding carboxylic acids is 1. The van der Waals surface area contributed by atoms with Crippen LogP contribution in [0.1, 0.15) is 42.4 Å². The van der Waals surface area contributed by atoms with Gasteiger partial charge >= 0.3 is 0 Å². The SMILES string of the molecule is C=C/C=C\C.C=CC(C)S(=O)(=O)n1c(C=O)c(P(OC)c2cc(C)cc(C)c2)c2cc(Cl)ccc21.CCOC. The van der Waals surface area contributed by atoms with Crippen molar-refractivity contribution >= 4 is 57.6 Å². The zero-order valence-electron chi connectivity index (χ0n) is 23.8. The summed E-state index contributed by atoms with van der Waals surface area (Å²) in [5.41, 5.74) is 2.54. The Bertz CT molecular complexity index is 1390. The summed E-state index contributed by atoms with van der Waals surface area (Å²) in [4.78, 5) is 12.3. The largest absolute Gasteiger partial charge is 0.385 e. The van der Waals surface area contributed by atoms with Gasteiger partial charge in [-0.15, -0.1) is 6.58 Å². The average molecular weight is 592 g/mol. The molecule has 0 N–H and O–H groups in total. The minimum Gasteiger partial charge on any atom is -0.385 e. The normalized spacial score (nSPS) is 12.6. The molecule has 212 valence electrons. The Labute approximate surface area is 239 Å². The number of fused-ring (bicyclic) bond motifs is 1. The van der Waals surface area contributed by atoms with Gasteiger partial charge < -0.3 is 9.26 Å². The van der Waals surface area contributed by atoms with E-state index in [1.807, 2.05) is 58.0 Å². The minimum atomic E-state index is -3.91. The van der Waals surface area contributed by atoms with Crippen molar-refractivity contribution in [2.24, 2.45) is 0 Å². The molecular weight excluding hydrogens is 553 g/mol. The Morgan fingerprint density at radius 1 is 1.10 bits per heavy atom. The van der Waals surface area contributed by atoms with Crippen molar-refractivity contribution in [2.75, 3.05) is 20.8 Å². The van der Waals surface area contributed by atoms with Crippen molar-refractivity contribution in [3.63, 3.8) is 0 Å². The summed E-state index contributed by atoms with van der Waals surface area (Å²) in [5.74, 6) is 0. The average Bonchev–Trinajstić information content (AvgIpc) is 3.23. The molecule has 0 radical (unpaired) electrons. The molecule has 9 heteroatoms. The fourth-order valence-electron chi connectivity index (χ4n) is 3.65. The first-order chi connectivity index (χ1) is 18.5. The van der Waals surface area contributed by atoms with Gasteiger partial charge in [0.25, 0.3) is 0 Å². The zero-order chi connectivity index (χ0) is 29.8. The van der Waals surface area contributed by atoms with E-state index in [4.69, 9.17) is 16.1 Å². The van der Waals surface area contributed by atoms with Crippen LogP contribution in [0.5, 0.6) is 0 Å². The van der Waals surface area contributed by atoms with E-state index in [0.717, 1.165) is 27.0 Å². The van der Waals surface area contributed by atoms with Gasteiger partial charge in [0.1, 0.15) is 5.69 Å². The molecule has 1 aromatic heterocycles. The Balaban J connectivity index is 0.000000733. The number of nitrogens with zero attached hydrogens (tertiary/aromatic N) is 1. The van der Waals surface area contributed by atoms with E-state index < -0.39 is 23.4 Å². The predicted molar refractivity (Wildman–Crippen MR) is 168 cm³/mol. The third kappa shape index (κ3) is 8.72. The van der Waals surface area contributed by atoms with Gasteiger partial charge in [0, 0.05) is 41.8 Å². The molecule has 3 aromatic rings. The van der Waals surface area contributed by atoms with Crippen molar-refractivity contribution in [2.45, 2.75) is 39.9 Å². The molecular formula is C30H39ClNO5PS. The van der Waals surface area contributed by atoms with Crippen LogP contribution in [0.4, 0.5) is 0 Å². The third-order valence-electron chi connectivity index (χ3n) is 5.51. The van der Waals surface area contributed by atoms with Gasteiger partial charge in [-0.3, -0.25) is 4.79 Å². The van der Waals surface area contributed by atoms with Gasteiger partial charge in [-0.2, -0.15) is 0 Å². The molecule has 0 aliphatic heterocycles. The quantitative estimate of drug-likeness (QED) is 0.117. The van der Waals surface area contributed by atoms with Crippen molar-refractivity contribution in [1.82, 2.24) is 3.97 Å². The van der Waals surface area contributed by atoms with Crippen LogP contribution < -0.4 is 10.6 Å². The van der Waals surface area contributed by atoms with Crippen LogP contribution >= 0.6 is 19.7 Å². The maximum Gasteiger partial charge on any atom is 0.245 e. The number of halogens is 1. The summed E-state index contributed by atoms with van der Waals surface area (Å²) >= 11 is 6.25. The van der Waals surface area contributed by atoms with Crippen LogP contribution in [0.25, 0.3) is 10.9 Å². The van der Waals surface area contributed by atoms with Gasteiger partial charge in [0.15, 0.2) is 6.29 Å². The van der Waals surface area contributed by atoms with E-state index in [0.29, 0.717) is 27.5 Å². The molecule has 0 bridgehead atoms. The lowest BCUT2D eigenvalue weighted by molar-refractivity contribution is 0.111. The molecule has 3 rings (SSSR count). The molecule has 1 heterocycles. The van der Waals surface area contributed by atoms with Crippen molar-refractivity contribution in [3.8, 4) is 0 Å². The highest BCUT2D eigenvalue weighted by atomic mass is 35.5. The van der Waals surface area contributed by atoms with Crippen LogP contribution in [0, 0.1) is 13.8 Å². The summed E-state index contributed by atoms with van der Waals surface area (Å²) in [6, 6.07) is 10.9. The molecule has 2 aromatic carbocycles.